The molecule has 1 saturated heterocycles. The molecule has 1 aliphatic rings. The minimum Gasteiger partial charge on any atom is -0.383 e. The van der Waals surface area contributed by atoms with Gasteiger partial charge in [-0.3, -0.25) is 9.69 Å². The van der Waals surface area contributed by atoms with E-state index in [1.807, 2.05) is 0 Å². The normalized spacial score (nSPS) is 19.3. The maximum Gasteiger partial charge on any atom is 0.234 e. The Labute approximate surface area is 116 Å². The minimum absolute atomic E-state index is 0.0841. The minimum atomic E-state index is 0.0841. The lowest BCUT2D eigenvalue weighted by molar-refractivity contribution is -0.122. The third-order valence-corrected chi connectivity index (χ3v) is 3.43. The Balaban J connectivity index is 2.14. The summed E-state index contributed by atoms with van der Waals surface area (Å²) in [5.41, 5.74) is 5.64. The number of methoxy groups -OCH3 is 1. The smallest absolute Gasteiger partial charge is 0.234 e. The molecule has 6 heteroatoms. The number of amides is 1. The second-order valence-electron chi connectivity index (χ2n) is 5.26. The number of rotatable bonds is 8. The molecule has 1 atom stereocenters. The van der Waals surface area contributed by atoms with E-state index in [-0.39, 0.29) is 5.91 Å². The second-order valence-corrected chi connectivity index (χ2v) is 5.26. The van der Waals surface area contributed by atoms with E-state index < -0.39 is 0 Å². The van der Waals surface area contributed by atoms with Crippen LogP contribution >= 0.6 is 0 Å². The molecule has 112 valence electrons. The van der Waals surface area contributed by atoms with Crippen LogP contribution in [0.25, 0.3) is 0 Å². The monoisotopic (exact) mass is 272 g/mol. The van der Waals surface area contributed by atoms with E-state index in [4.69, 9.17) is 10.5 Å². The van der Waals surface area contributed by atoms with Crippen molar-refractivity contribution in [2.45, 2.75) is 6.92 Å². The average Bonchev–Trinajstić information content (AvgIpc) is 2.41. The maximum absolute atomic E-state index is 11.7. The Bertz CT molecular complexity index is 255. The zero-order chi connectivity index (χ0) is 14.1. The molecule has 1 amide bonds. The van der Waals surface area contributed by atoms with Crippen LogP contribution in [0.1, 0.15) is 6.92 Å². The molecule has 1 rings (SSSR count). The van der Waals surface area contributed by atoms with Gasteiger partial charge in [0.2, 0.25) is 5.91 Å². The summed E-state index contributed by atoms with van der Waals surface area (Å²) in [5, 5.41) is 2.85. The molecular weight excluding hydrogens is 244 g/mol. The van der Waals surface area contributed by atoms with Crippen molar-refractivity contribution in [3.63, 3.8) is 0 Å². The zero-order valence-corrected chi connectivity index (χ0v) is 12.2. The highest BCUT2D eigenvalue weighted by Crippen LogP contribution is 2.04. The van der Waals surface area contributed by atoms with Crippen molar-refractivity contribution in [1.82, 2.24) is 15.1 Å². The molecular formula is C13H28N4O2. The fraction of sp³-hybridized carbons (Fsp3) is 0.923. The molecule has 0 spiro atoms. The molecule has 19 heavy (non-hydrogen) atoms. The Morgan fingerprint density at radius 3 is 2.53 bits per heavy atom. The number of hydrogen-bond donors (Lipinski definition) is 2. The van der Waals surface area contributed by atoms with Gasteiger partial charge in [-0.25, -0.2) is 0 Å². The summed E-state index contributed by atoms with van der Waals surface area (Å²) in [6.45, 7) is 9.57. The zero-order valence-electron chi connectivity index (χ0n) is 12.2. The van der Waals surface area contributed by atoms with Gasteiger partial charge in [-0.05, 0) is 12.5 Å². The molecule has 1 heterocycles. The highest BCUT2D eigenvalue weighted by atomic mass is 16.5. The summed E-state index contributed by atoms with van der Waals surface area (Å²) in [6, 6.07) is 0. The van der Waals surface area contributed by atoms with Crippen molar-refractivity contribution < 1.29 is 9.53 Å². The van der Waals surface area contributed by atoms with Gasteiger partial charge in [-0.1, -0.05) is 6.92 Å². The van der Waals surface area contributed by atoms with Crippen LogP contribution < -0.4 is 11.1 Å². The molecule has 0 aliphatic carbocycles. The molecule has 0 saturated carbocycles. The molecule has 6 nitrogen and oxygen atoms in total. The Hall–Kier alpha value is -0.690. The van der Waals surface area contributed by atoms with Gasteiger partial charge in [0, 0.05) is 46.4 Å². The Morgan fingerprint density at radius 2 is 1.95 bits per heavy atom. The summed E-state index contributed by atoms with van der Waals surface area (Å²) < 4.78 is 4.90. The van der Waals surface area contributed by atoms with Crippen LogP contribution in [-0.2, 0) is 9.53 Å². The Kier molecular flexibility index (Phi) is 7.97. The first-order chi connectivity index (χ1) is 9.15. The van der Waals surface area contributed by atoms with Gasteiger partial charge in [0.25, 0.3) is 0 Å². The summed E-state index contributed by atoms with van der Waals surface area (Å²) >= 11 is 0. The lowest BCUT2D eigenvalue weighted by atomic mass is 10.1. The van der Waals surface area contributed by atoms with Crippen molar-refractivity contribution in [1.29, 1.82) is 0 Å². The lowest BCUT2D eigenvalue weighted by Crippen LogP contribution is -2.50. The van der Waals surface area contributed by atoms with Gasteiger partial charge in [0.05, 0.1) is 13.2 Å². The molecule has 0 radical (unpaired) electrons. The van der Waals surface area contributed by atoms with E-state index in [9.17, 15) is 4.79 Å². The number of nitrogens with two attached hydrogens (primary N) is 1. The van der Waals surface area contributed by atoms with E-state index >= 15 is 0 Å². The summed E-state index contributed by atoms with van der Waals surface area (Å²) in [7, 11) is 1.63. The van der Waals surface area contributed by atoms with Crippen LogP contribution in [0.5, 0.6) is 0 Å². The first kappa shape index (κ1) is 16.4. The number of nitrogens with zero attached hydrogens (tertiary/aromatic N) is 2. The first-order valence-corrected chi connectivity index (χ1v) is 7.06. The van der Waals surface area contributed by atoms with Gasteiger partial charge in [-0.2, -0.15) is 0 Å². The quantitative estimate of drug-likeness (QED) is 0.552. The number of ether oxygens (including phenoxy) is 1. The fourth-order valence-electron chi connectivity index (χ4n) is 2.20. The third-order valence-electron chi connectivity index (χ3n) is 3.43. The van der Waals surface area contributed by atoms with Gasteiger partial charge in [0.1, 0.15) is 0 Å². The standard InChI is InChI=1S/C13H28N4O2/c1-12(9-14)10-16-4-6-17(7-5-16)11-13(18)15-3-8-19-2/h12H,3-11,14H2,1-2H3,(H,15,18). The summed E-state index contributed by atoms with van der Waals surface area (Å²) in [6.07, 6.45) is 0. The SMILES string of the molecule is COCCNC(=O)CN1CCN(CC(C)CN)CC1. The van der Waals surface area contributed by atoms with E-state index in [1.54, 1.807) is 7.11 Å². The highest BCUT2D eigenvalue weighted by molar-refractivity contribution is 5.77. The number of piperazine rings is 1. The van der Waals surface area contributed by atoms with Crippen molar-refractivity contribution in [3.8, 4) is 0 Å². The number of carbonyl (C=O) groups is 1. The predicted octanol–water partition coefficient (Wildman–Crippen LogP) is -1.04. The number of nitrogens with one attached hydrogen (secondary N) is 1. The Morgan fingerprint density at radius 1 is 1.32 bits per heavy atom. The number of carbonyl (C=O) groups excluding carboxylic acids is 1. The van der Waals surface area contributed by atoms with Crippen molar-refractivity contribution in [2.75, 3.05) is 66.1 Å². The fourth-order valence-corrected chi connectivity index (χ4v) is 2.20. The second kappa shape index (κ2) is 9.25. The molecule has 0 bridgehead atoms. The number of hydrogen-bond acceptors (Lipinski definition) is 5. The van der Waals surface area contributed by atoms with Crippen LogP contribution in [0, 0.1) is 5.92 Å². The molecule has 1 fully saturated rings. The molecule has 3 N–H and O–H groups in total. The largest absolute Gasteiger partial charge is 0.383 e. The van der Waals surface area contributed by atoms with Gasteiger partial charge >= 0.3 is 0 Å². The van der Waals surface area contributed by atoms with Crippen LogP contribution in [-0.4, -0.2) is 81.8 Å². The highest BCUT2D eigenvalue weighted by Gasteiger charge is 2.19. The predicted molar refractivity (Wildman–Crippen MR) is 76.0 cm³/mol. The third kappa shape index (κ3) is 6.87. The molecule has 1 unspecified atom stereocenters. The molecule has 0 aromatic rings. The van der Waals surface area contributed by atoms with E-state index in [1.165, 1.54) is 0 Å². The van der Waals surface area contributed by atoms with Crippen LogP contribution in [0.15, 0.2) is 0 Å². The van der Waals surface area contributed by atoms with Gasteiger partial charge < -0.3 is 20.7 Å². The van der Waals surface area contributed by atoms with E-state index in [0.717, 1.165) is 39.3 Å². The molecule has 0 aromatic carbocycles. The molecule has 1 aliphatic heterocycles. The van der Waals surface area contributed by atoms with Crippen LogP contribution in [0.4, 0.5) is 0 Å². The maximum atomic E-state index is 11.7. The summed E-state index contributed by atoms with van der Waals surface area (Å²) in [5.74, 6) is 0.629. The van der Waals surface area contributed by atoms with Gasteiger partial charge in [-0.15, -0.1) is 0 Å². The van der Waals surface area contributed by atoms with Crippen molar-refractivity contribution in [2.24, 2.45) is 11.7 Å². The topological polar surface area (TPSA) is 70.8 Å². The lowest BCUT2D eigenvalue weighted by Gasteiger charge is -2.35. The van der Waals surface area contributed by atoms with Crippen LogP contribution in [0.3, 0.4) is 0 Å². The van der Waals surface area contributed by atoms with E-state index in [0.29, 0.717) is 25.6 Å². The van der Waals surface area contributed by atoms with E-state index in [2.05, 4.69) is 22.0 Å². The van der Waals surface area contributed by atoms with Crippen molar-refractivity contribution in [3.05, 3.63) is 0 Å². The van der Waals surface area contributed by atoms with Crippen molar-refractivity contribution >= 4 is 5.91 Å². The summed E-state index contributed by atoms with van der Waals surface area (Å²) in [4.78, 5) is 16.3. The first-order valence-electron chi connectivity index (χ1n) is 7.06. The molecule has 0 aromatic heterocycles. The van der Waals surface area contributed by atoms with Gasteiger partial charge in [0.15, 0.2) is 0 Å². The van der Waals surface area contributed by atoms with Crippen LogP contribution in [0.2, 0.25) is 0 Å². The average molecular weight is 272 g/mol.